The second-order valence-electron chi connectivity index (χ2n) is 4.41. The van der Waals surface area contributed by atoms with Gasteiger partial charge in [-0.1, -0.05) is 0 Å². The molecule has 0 spiro atoms. The van der Waals surface area contributed by atoms with Crippen LogP contribution in [-0.2, 0) is 14.3 Å². The first kappa shape index (κ1) is 16.0. The fraction of sp³-hybridized carbons (Fsp3) is 0.615. The molecule has 112 valence electrons. The number of likely N-dealkylation sites (tertiary alicyclic amines) is 1. The van der Waals surface area contributed by atoms with Gasteiger partial charge in [0.1, 0.15) is 0 Å². The zero-order chi connectivity index (χ0) is 15.0. The van der Waals surface area contributed by atoms with Crippen LogP contribution in [0.4, 0.5) is 4.79 Å². The van der Waals surface area contributed by atoms with Crippen molar-refractivity contribution < 1.29 is 19.1 Å². The molecule has 0 saturated carbocycles. The molecule has 1 saturated heterocycles. The number of esters is 1. The molecule has 1 heterocycles. The highest BCUT2D eigenvalue weighted by Crippen LogP contribution is 2.19. The van der Waals surface area contributed by atoms with E-state index in [9.17, 15) is 14.4 Å². The SMILES string of the molecule is CCOC(=O)C1CCN(C(=O)N(C=O)/C=C\NC)CC1. The topological polar surface area (TPSA) is 79.0 Å². The first-order valence-corrected chi connectivity index (χ1v) is 6.67. The minimum absolute atomic E-state index is 0.156. The number of piperidine rings is 1. The number of imide groups is 1. The minimum atomic E-state index is -0.381. The van der Waals surface area contributed by atoms with Gasteiger partial charge in [-0.25, -0.2) is 9.69 Å². The molecular formula is C13H21N3O4. The van der Waals surface area contributed by atoms with E-state index in [1.54, 1.807) is 18.9 Å². The van der Waals surface area contributed by atoms with Gasteiger partial charge in [0.05, 0.1) is 12.5 Å². The van der Waals surface area contributed by atoms with Gasteiger partial charge in [0.15, 0.2) is 0 Å². The molecule has 1 rings (SSSR count). The summed E-state index contributed by atoms with van der Waals surface area (Å²) >= 11 is 0. The van der Waals surface area contributed by atoms with Crippen molar-refractivity contribution in [3.63, 3.8) is 0 Å². The van der Waals surface area contributed by atoms with Gasteiger partial charge >= 0.3 is 12.0 Å². The average molecular weight is 283 g/mol. The van der Waals surface area contributed by atoms with Gasteiger partial charge in [0.2, 0.25) is 6.41 Å². The Morgan fingerprint density at radius 2 is 2.05 bits per heavy atom. The Balaban J connectivity index is 2.51. The molecule has 0 atom stereocenters. The molecule has 1 aliphatic heterocycles. The molecule has 0 unspecified atom stereocenters. The normalized spacial score (nSPS) is 16.0. The van der Waals surface area contributed by atoms with E-state index in [4.69, 9.17) is 4.74 Å². The maximum atomic E-state index is 12.1. The Morgan fingerprint density at radius 1 is 1.40 bits per heavy atom. The van der Waals surface area contributed by atoms with Crippen LogP contribution in [0.2, 0.25) is 0 Å². The van der Waals surface area contributed by atoms with E-state index in [2.05, 4.69) is 5.32 Å². The van der Waals surface area contributed by atoms with Crippen LogP contribution in [0.25, 0.3) is 0 Å². The second kappa shape index (κ2) is 8.19. The lowest BCUT2D eigenvalue weighted by atomic mass is 9.97. The van der Waals surface area contributed by atoms with Crippen LogP contribution >= 0.6 is 0 Å². The first-order chi connectivity index (χ1) is 9.63. The molecule has 0 aromatic carbocycles. The molecule has 0 radical (unpaired) electrons. The second-order valence-corrected chi connectivity index (χ2v) is 4.41. The average Bonchev–Trinajstić information content (AvgIpc) is 2.48. The molecule has 0 aliphatic carbocycles. The number of hydrogen-bond acceptors (Lipinski definition) is 5. The highest BCUT2D eigenvalue weighted by atomic mass is 16.5. The van der Waals surface area contributed by atoms with Gasteiger partial charge < -0.3 is 15.0 Å². The van der Waals surface area contributed by atoms with Crippen molar-refractivity contribution in [2.45, 2.75) is 19.8 Å². The first-order valence-electron chi connectivity index (χ1n) is 6.67. The zero-order valence-electron chi connectivity index (χ0n) is 11.9. The zero-order valence-corrected chi connectivity index (χ0v) is 11.9. The van der Waals surface area contributed by atoms with Crippen molar-refractivity contribution in [2.24, 2.45) is 5.92 Å². The van der Waals surface area contributed by atoms with E-state index < -0.39 is 0 Å². The van der Waals surface area contributed by atoms with E-state index in [1.165, 1.54) is 12.4 Å². The smallest absolute Gasteiger partial charge is 0.330 e. The number of ether oxygens (including phenoxy) is 1. The monoisotopic (exact) mass is 283 g/mol. The van der Waals surface area contributed by atoms with Crippen LogP contribution < -0.4 is 5.32 Å². The van der Waals surface area contributed by atoms with Crippen molar-refractivity contribution in [1.82, 2.24) is 15.1 Å². The van der Waals surface area contributed by atoms with Crippen LogP contribution in [0.15, 0.2) is 12.4 Å². The molecular weight excluding hydrogens is 262 g/mol. The number of hydrogen-bond donors (Lipinski definition) is 1. The van der Waals surface area contributed by atoms with Crippen LogP contribution in [0, 0.1) is 5.92 Å². The molecule has 7 nitrogen and oxygen atoms in total. The van der Waals surface area contributed by atoms with Gasteiger partial charge in [-0.3, -0.25) is 9.59 Å². The quantitative estimate of drug-likeness (QED) is 0.588. The van der Waals surface area contributed by atoms with Crippen LogP contribution in [0.1, 0.15) is 19.8 Å². The molecule has 0 aromatic heterocycles. The Labute approximate surface area is 118 Å². The Kier molecular flexibility index (Phi) is 6.55. The lowest BCUT2D eigenvalue weighted by Gasteiger charge is -2.32. The summed E-state index contributed by atoms with van der Waals surface area (Å²) in [7, 11) is 1.68. The number of carbonyl (C=O) groups excluding carboxylic acids is 3. The van der Waals surface area contributed by atoms with Gasteiger partial charge in [0.25, 0.3) is 0 Å². The number of carbonyl (C=O) groups is 3. The maximum absolute atomic E-state index is 12.1. The minimum Gasteiger partial charge on any atom is -0.466 e. The van der Waals surface area contributed by atoms with Gasteiger partial charge in [-0.15, -0.1) is 0 Å². The molecule has 1 aliphatic rings. The number of urea groups is 1. The van der Waals surface area contributed by atoms with Crippen molar-refractivity contribution in [1.29, 1.82) is 0 Å². The van der Waals surface area contributed by atoms with Gasteiger partial charge in [0, 0.05) is 32.5 Å². The summed E-state index contributed by atoms with van der Waals surface area (Å²) in [6.45, 7) is 3.03. The Morgan fingerprint density at radius 3 is 2.55 bits per heavy atom. The number of amides is 3. The Hall–Kier alpha value is -2.05. The molecule has 0 aromatic rings. The van der Waals surface area contributed by atoms with E-state index in [-0.39, 0.29) is 17.9 Å². The third-order valence-corrected chi connectivity index (χ3v) is 3.12. The Bertz CT molecular complexity index is 376. The highest BCUT2D eigenvalue weighted by Gasteiger charge is 2.29. The fourth-order valence-corrected chi connectivity index (χ4v) is 2.03. The molecule has 20 heavy (non-hydrogen) atoms. The van der Waals surface area contributed by atoms with Crippen molar-refractivity contribution >= 4 is 18.4 Å². The summed E-state index contributed by atoms with van der Waals surface area (Å²) in [4.78, 5) is 37.1. The number of rotatable bonds is 5. The van der Waals surface area contributed by atoms with E-state index in [0.29, 0.717) is 38.9 Å². The lowest BCUT2D eigenvalue weighted by Crippen LogP contribution is -2.45. The third kappa shape index (κ3) is 4.25. The maximum Gasteiger partial charge on any atom is 0.330 e. The van der Waals surface area contributed by atoms with Crippen molar-refractivity contribution in [2.75, 3.05) is 26.7 Å². The summed E-state index contributed by atoms with van der Waals surface area (Å²) in [6.07, 6.45) is 4.46. The van der Waals surface area contributed by atoms with Crippen molar-refractivity contribution in [3.8, 4) is 0 Å². The molecule has 1 fully saturated rings. The van der Waals surface area contributed by atoms with Crippen molar-refractivity contribution in [3.05, 3.63) is 12.4 Å². The summed E-state index contributed by atoms with van der Waals surface area (Å²) in [6, 6.07) is -0.381. The summed E-state index contributed by atoms with van der Waals surface area (Å²) < 4.78 is 4.97. The number of nitrogens with zero attached hydrogens (tertiary/aromatic N) is 2. The highest BCUT2D eigenvalue weighted by molar-refractivity contribution is 5.86. The third-order valence-electron chi connectivity index (χ3n) is 3.12. The van der Waals surface area contributed by atoms with Crippen LogP contribution in [0.3, 0.4) is 0 Å². The summed E-state index contributed by atoms with van der Waals surface area (Å²) in [5.41, 5.74) is 0. The number of nitrogens with one attached hydrogen (secondary N) is 1. The summed E-state index contributed by atoms with van der Waals surface area (Å²) in [5.74, 6) is -0.363. The largest absolute Gasteiger partial charge is 0.466 e. The summed E-state index contributed by atoms with van der Waals surface area (Å²) in [5, 5.41) is 2.71. The standard InChI is InChI=1S/C13H21N3O4/c1-3-20-12(18)11-4-7-15(8-5-11)13(19)16(10-17)9-6-14-2/h6,9-11,14H,3-5,7-8H2,1-2H3/b9-6-. The molecule has 7 heteroatoms. The van der Waals surface area contributed by atoms with Crippen LogP contribution in [0.5, 0.6) is 0 Å². The molecule has 0 bridgehead atoms. The predicted molar refractivity (Wildman–Crippen MR) is 72.4 cm³/mol. The lowest BCUT2D eigenvalue weighted by molar-refractivity contribution is -0.149. The van der Waals surface area contributed by atoms with E-state index >= 15 is 0 Å². The predicted octanol–water partition coefficient (Wildman–Crippen LogP) is 0.531. The molecule has 3 amide bonds. The van der Waals surface area contributed by atoms with E-state index in [1.807, 2.05) is 0 Å². The van der Waals surface area contributed by atoms with Crippen LogP contribution in [-0.4, -0.2) is 55.0 Å². The fourth-order valence-electron chi connectivity index (χ4n) is 2.03. The van der Waals surface area contributed by atoms with Gasteiger partial charge in [-0.2, -0.15) is 0 Å². The van der Waals surface area contributed by atoms with E-state index in [0.717, 1.165) is 4.90 Å². The molecule has 1 N–H and O–H groups in total. The van der Waals surface area contributed by atoms with Gasteiger partial charge in [-0.05, 0) is 19.8 Å².